The van der Waals surface area contributed by atoms with E-state index in [1.165, 1.54) is 31.2 Å². The number of anilines is 1. The topological polar surface area (TPSA) is 52.6 Å². The van der Waals surface area contributed by atoms with Crippen molar-refractivity contribution in [3.05, 3.63) is 29.8 Å². The number of hydrogen-bond donors (Lipinski definition) is 2. The number of rotatable bonds is 6. The Labute approximate surface area is 151 Å². The van der Waals surface area contributed by atoms with E-state index in [0.717, 1.165) is 50.5 Å². The summed E-state index contributed by atoms with van der Waals surface area (Å²) >= 11 is 0. The molecule has 1 aliphatic carbocycles. The fourth-order valence-corrected chi connectivity index (χ4v) is 4.21. The molecule has 4 heteroatoms. The molecule has 1 aromatic rings. The molecular weight excluding hydrogens is 312 g/mol. The van der Waals surface area contributed by atoms with Gasteiger partial charge < -0.3 is 10.4 Å². The molecule has 3 rings (SSSR count). The number of carbonyl (C=O) groups excluding carboxylic acids is 1. The SMILES string of the molecule is CC(CC1CCCC1)C(=O)Nc1ccccc1CN1CCC(O)CC1. The Kier molecular flexibility index (Phi) is 6.49. The molecule has 0 aromatic heterocycles. The van der Waals surface area contributed by atoms with E-state index in [0.29, 0.717) is 0 Å². The summed E-state index contributed by atoms with van der Waals surface area (Å²) in [6.45, 7) is 4.73. The third-order valence-corrected chi connectivity index (χ3v) is 5.84. The standard InChI is InChI=1S/C21H32N2O2/c1-16(14-17-6-2-3-7-17)21(25)22-20-9-5-4-8-18(20)15-23-12-10-19(24)11-13-23/h4-5,8-9,16-17,19,24H,2-3,6-7,10-15H2,1H3,(H,22,25). The van der Waals surface area contributed by atoms with Crippen molar-refractivity contribution in [1.82, 2.24) is 4.90 Å². The number of piperidine rings is 1. The van der Waals surface area contributed by atoms with Gasteiger partial charge in [0.1, 0.15) is 0 Å². The highest BCUT2D eigenvalue weighted by Gasteiger charge is 2.23. The smallest absolute Gasteiger partial charge is 0.227 e. The predicted molar refractivity (Wildman–Crippen MR) is 101 cm³/mol. The number of amides is 1. The van der Waals surface area contributed by atoms with Crippen molar-refractivity contribution in [2.24, 2.45) is 11.8 Å². The number of aliphatic hydroxyl groups excluding tert-OH is 1. The lowest BCUT2D eigenvalue weighted by Crippen LogP contribution is -2.35. The Hall–Kier alpha value is -1.39. The molecule has 1 atom stereocenters. The van der Waals surface area contributed by atoms with Gasteiger partial charge in [-0.15, -0.1) is 0 Å². The highest BCUT2D eigenvalue weighted by atomic mass is 16.3. The van der Waals surface area contributed by atoms with Crippen LogP contribution in [0.15, 0.2) is 24.3 Å². The molecule has 1 aromatic carbocycles. The molecule has 25 heavy (non-hydrogen) atoms. The number of nitrogens with one attached hydrogen (secondary N) is 1. The van der Waals surface area contributed by atoms with E-state index < -0.39 is 0 Å². The Morgan fingerprint density at radius 1 is 1.20 bits per heavy atom. The number of carbonyl (C=O) groups is 1. The van der Waals surface area contributed by atoms with Crippen LogP contribution in [-0.2, 0) is 11.3 Å². The second-order valence-electron chi connectivity index (χ2n) is 7.94. The number of para-hydroxylation sites is 1. The van der Waals surface area contributed by atoms with Gasteiger partial charge in [-0.25, -0.2) is 0 Å². The van der Waals surface area contributed by atoms with Gasteiger partial charge in [-0.3, -0.25) is 9.69 Å². The first-order chi connectivity index (χ1) is 12.1. The lowest BCUT2D eigenvalue weighted by molar-refractivity contribution is -0.119. The zero-order valence-electron chi connectivity index (χ0n) is 15.4. The van der Waals surface area contributed by atoms with Crippen LogP contribution in [0.1, 0.15) is 57.4 Å². The van der Waals surface area contributed by atoms with Crippen molar-refractivity contribution >= 4 is 11.6 Å². The van der Waals surface area contributed by atoms with Crippen LogP contribution in [0.5, 0.6) is 0 Å². The fraction of sp³-hybridized carbons (Fsp3) is 0.667. The molecule has 1 amide bonds. The summed E-state index contributed by atoms with van der Waals surface area (Å²) in [4.78, 5) is 15.0. The number of hydrogen-bond acceptors (Lipinski definition) is 3. The van der Waals surface area contributed by atoms with E-state index in [4.69, 9.17) is 0 Å². The molecule has 1 saturated carbocycles. The van der Waals surface area contributed by atoms with E-state index in [9.17, 15) is 9.90 Å². The van der Waals surface area contributed by atoms with Crippen molar-refractivity contribution in [3.63, 3.8) is 0 Å². The normalized spacial score (nSPS) is 21.4. The summed E-state index contributed by atoms with van der Waals surface area (Å²) in [5, 5.41) is 12.8. The van der Waals surface area contributed by atoms with Crippen LogP contribution >= 0.6 is 0 Å². The summed E-state index contributed by atoms with van der Waals surface area (Å²) in [6, 6.07) is 8.13. The van der Waals surface area contributed by atoms with Crippen LogP contribution in [0.2, 0.25) is 0 Å². The zero-order chi connectivity index (χ0) is 17.6. The van der Waals surface area contributed by atoms with E-state index >= 15 is 0 Å². The molecule has 0 radical (unpaired) electrons. The Balaban J connectivity index is 1.57. The lowest BCUT2D eigenvalue weighted by atomic mass is 9.94. The summed E-state index contributed by atoms with van der Waals surface area (Å²) in [5.74, 6) is 0.950. The van der Waals surface area contributed by atoms with Crippen LogP contribution in [-0.4, -0.2) is 35.1 Å². The molecule has 1 unspecified atom stereocenters. The number of aliphatic hydroxyl groups is 1. The number of nitrogens with zero attached hydrogens (tertiary/aromatic N) is 1. The average Bonchev–Trinajstić information content (AvgIpc) is 3.11. The van der Waals surface area contributed by atoms with Crippen molar-refractivity contribution in [2.75, 3.05) is 18.4 Å². The van der Waals surface area contributed by atoms with Gasteiger partial charge in [0.15, 0.2) is 0 Å². The van der Waals surface area contributed by atoms with Crippen LogP contribution in [0.25, 0.3) is 0 Å². The first kappa shape index (κ1) is 18.4. The summed E-state index contributed by atoms with van der Waals surface area (Å²) in [7, 11) is 0. The zero-order valence-corrected chi connectivity index (χ0v) is 15.4. The maximum Gasteiger partial charge on any atom is 0.227 e. The number of benzene rings is 1. The molecule has 4 nitrogen and oxygen atoms in total. The van der Waals surface area contributed by atoms with E-state index in [1.807, 2.05) is 18.2 Å². The van der Waals surface area contributed by atoms with Crippen LogP contribution in [0.3, 0.4) is 0 Å². The van der Waals surface area contributed by atoms with Crippen molar-refractivity contribution in [3.8, 4) is 0 Å². The Bertz CT molecular complexity index is 561. The lowest BCUT2D eigenvalue weighted by Gasteiger charge is -2.30. The molecule has 1 aliphatic heterocycles. The highest BCUT2D eigenvalue weighted by molar-refractivity contribution is 5.93. The number of likely N-dealkylation sites (tertiary alicyclic amines) is 1. The third kappa shape index (κ3) is 5.29. The second-order valence-corrected chi connectivity index (χ2v) is 7.94. The van der Waals surface area contributed by atoms with E-state index in [1.54, 1.807) is 0 Å². The van der Waals surface area contributed by atoms with Crippen molar-refractivity contribution in [1.29, 1.82) is 0 Å². The van der Waals surface area contributed by atoms with Gasteiger partial charge in [-0.05, 0) is 36.8 Å². The molecule has 1 saturated heterocycles. The minimum absolute atomic E-state index is 0.0706. The quantitative estimate of drug-likeness (QED) is 0.825. The van der Waals surface area contributed by atoms with Crippen LogP contribution in [0, 0.1) is 11.8 Å². The second kappa shape index (κ2) is 8.81. The molecule has 0 bridgehead atoms. The summed E-state index contributed by atoms with van der Waals surface area (Å²) < 4.78 is 0. The molecule has 2 aliphatic rings. The third-order valence-electron chi connectivity index (χ3n) is 5.84. The fourth-order valence-electron chi connectivity index (χ4n) is 4.21. The van der Waals surface area contributed by atoms with Gasteiger partial charge in [0.25, 0.3) is 0 Å². The minimum Gasteiger partial charge on any atom is -0.393 e. The molecule has 2 N–H and O–H groups in total. The molecule has 138 valence electrons. The highest BCUT2D eigenvalue weighted by Crippen LogP contribution is 2.31. The first-order valence-corrected chi connectivity index (χ1v) is 9.91. The van der Waals surface area contributed by atoms with Gasteiger partial charge in [-0.2, -0.15) is 0 Å². The molecule has 0 spiro atoms. The van der Waals surface area contributed by atoms with Crippen molar-refractivity contribution < 1.29 is 9.90 Å². The largest absolute Gasteiger partial charge is 0.393 e. The molecule has 1 heterocycles. The minimum atomic E-state index is -0.150. The van der Waals surface area contributed by atoms with Gasteiger partial charge in [-0.1, -0.05) is 50.8 Å². The Morgan fingerprint density at radius 2 is 1.88 bits per heavy atom. The van der Waals surface area contributed by atoms with E-state index in [2.05, 4.69) is 23.2 Å². The van der Waals surface area contributed by atoms with Gasteiger partial charge >= 0.3 is 0 Å². The van der Waals surface area contributed by atoms with E-state index in [-0.39, 0.29) is 17.9 Å². The maximum absolute atomic E-state index is 12.6. The molecule has 2 fully saturated rings. The molecular formula is C21H32N2O2. The van der Waals surface area contributed by atoms with Crippen molar-refractivity contribution in [2.45, 2.75) is 64.5 Å². The first-order valence-electron chi connectivity index (χ1n) is 9.91. The average molecular weight is 344 g/mol. The van der Waals surface area contributed by atoms with Crippen LogP contribution < -0.4 is 5.32 Å². The summed E-state index contributed by atoms with van der Waals surface area (Å²) in [6.07, 6.45) is 7.77. The van der Waals surface area contributed by atoms with Gasteiger partial charge in [0, 0.05) is 31.2 Å². The predicted octanol–water partition coefficient (Wildman–Crippen LogP) is 3.80. The van der Waals surface area contributed by atoms with Gasteiger partial charge in [0.05, 0.1) is 6.10 Å². The monoisotopic (exact) mass is 344 g/mol. The van der Waals surface area contributed by atoms with Gasteiger partial charge in [0.2, 0.25) is 5.91 Å². The Morgan fingerprint density at radius 3 is 2.60 bits per heavy atom. The van der Waals surface area contributed by atoms with Crippen LogP contribution in [0.4, 0.5) is 5.69 Å². The maximum atomic E-state index is 12.6. The summed E-state index contributed by atoms with van der Waals surface area (Å²) in [5.41, 5.74) is 2.11.